The van der Waals surface area contributed by atoms with E-state index in [4.69, 9.17) is 4.42 Å². The van der Waals surface area contributed by atoms with Crippen molar-refractivity contribution in [2.45, 2.75) is 18.9 Å². The molecular formula is C17H19N3O2. The Morgan fingerprint density at radius 3 is 2.95 bits per heavy atom. The van der Waals surface area contributed by atoms with Gasteiger partial charge in [0.25, 0.3) is 5.89 Å². The fourth-order valence-corrected chi connectivity index (χ4v) is 3.53. The number of hydrogen-bond acceptors (Lipinski definition) is 4. The maximum absolute atomic E-state index is 12.3. The van der Waals surface area contributed by atoms with Crippen LogP contribution < -0.4 is 5.32 Å². The van der Waals surface area contributed by atoms with Crippen LogP contribution in [0.25, 0.3) is 11.3 Å². The van der Waals surface area contributed by atoms with Crippen LogP contribution in [-0.2, 0) is 0 Å². The Hall–Kier alpha value is -2.14. The van der Waals surface area contributed by atoms with Gasteiger partial charge in [0.1, 0.15) is 0 Å². The summed E-state index contributed by atoms with van der Waals surface area (Å²) in [4.78, 5) is 18.8. The van der Waals surface area contributed by atoms with Crippen molar-refractivity contribution < 1.29 is 9.21 Å². The molecule has 1 unspecified atom stereocenters. The first-order valence-electron chi connectivity index (χ1n) is 7.82. The van der Waals surface area contributed by atoms with E-state index < -0.39 is 0 Å². The summed E-state index contributed by atoms with van der Waals surface area (Å²) in [5.74, 6) is 1.28. The molecule has 1 amide bonds. The lowest BCUT2D eigenvalue weighted by Gasteiger charge is -2.30. The van der Waals surface area contributed by atoms with Crippen molar-refractivity contribution in [3.8, 4) is 11.3 Å². The summed E-state index contributed by atoms with van der Waals surface area (Å²) in [7, 11) is 0. The second-order valence-electron chi connectivity index (χ2n) is 6.22. The first-order chi connectivity index (χ1) is 10.8. The molecule has 0 radical (unpaired) electrons. The summed E-state index contributed by atoms with van der Waals surface area (Å²) in [6, 6.07) is 9.90. The van der Waals surface area contributed by atoms with Gasteiger partial charge in [-0.25, -0.2) is 4.98 Å². The second-order valence-corrected chi connectivity index (χ2v) is 6.22. The van der Waals surface area contributed by atoms with Gasteiger partial charge >= 0.3 is 5.91 Å². The molecule has 1 N–H and O–H groups in total. The molecule has 3 heterocycles. The first-order valence-corrected chi connectivity index (χ1v) is 7.82. The van der Waals surface area contributed by atoms with Gasteiger partial charge in [-0.15, -0.1) is 0 Å². The zero-order chi connectivity index (χ0) is 14.9. The first kappa shape index (κ1) is 13.5. The van der Waals surface area contributed by atoms with Crippen LogP contribution in [-0.4, -0.2) is 41.5 Å². The normalized spacial score (nSPS) is 26.8. The summed E-state index contributed by atoms with van der Waals surface area (Å²) < 4.78 is 5.61. The summed E-state index contributed by atoms with van der Waals surface area (Å²) in [6.07, 6.45) is 3.93. The lowest BCUT2D eigenvalue weighted by molar-refractivity contribution is 0.0875. The van der Waals surface area contributed by atoms with E-state index in [1.54, 1.807) is 6.20 Å². The van der Waals surface area contributed by atoms with E-state index in [2.05, 4.69) is 15.2 Å². The maximum Gasteiger partial charge on any atom is 0.307 e. The van der Waals surface area contributed by atoms with Crippen LogP contribution in [0, 0.1) is 5.92 Å². The summed E-state index contributed by atoms with van der Waals surface area (Å²) in [6.45, 7) is 3.28. The van der Waals surface area contributed by atoms with Crippen LogP contribution in [0.4, 0.5) is 0 Å². The summed E-state index contributed by atoms with van der Waals surface area (Å²) in [5.41, 5.74) is 0.927. The number of rotatable bonds is 3. The van der Waals surface area contributed by atoms with Gasteiger partial charge in [-0.3, -0.25) is 4.79 Å². The number of aromatic nitrogens is 1. The number of oxazole rings is 1. The highest BCUT2D eigenvalue weighted by molar-refractivity contribution is 5.90. The molecule has 22 heavy (non-hydrogen) atoms. The molecular weight excluding hydrogens is 278 g/mol. The molecule has 0 spiro atoms. The summed E-state index contributed by atoms with van der Waals surface area (Å²) in [5, 5.41) is 3.06. The minimum Gasteiger partial charge on any atom is -0.432 e. The number of carbonyl (C=O) groups is 1. The second kappa shape index (κ2) is 5.57. The smallest absolute Gasteiger partial charge is 0.307 e. The van der Waals surface area contributed by atoms with Crippen molar-refractivity contribution in [3.05, 3.63) is 42.4 Å². The molecule has 0 saturated carbocycles. The third-order valence-corrected chi connectivity index (χ3v) is 4.56. The molecule has 2 fully saturated rings. The average molecular weight is 297 g/mol. The lowest BCUT2D eigenvalue weighted by atomic mass is 9.97. The predicted octanol–water partition coefficient (Wildman–Crippen LogP) is 2.17. The van der Waals surface area contributed by atoms with Crippen LogP contribution in [0.2, 0.25) is 0 Å². The van der Waals surface area contributed by atoms with Crippen LogP contribution in [0.3, 0.4) is 0 Å². The van der Waals surface area contributed by atoms with Gasteiger partial charge in [-0.2, -0.15) is 0 Å². The molecule has 4 rings (SSSR count). The van der Waals surface area contributed by atoms with Crippen molar-refractivity contribution in [2.75, 3.05) is 19.6 Å². The molecule has 1 aromatic heterocycles. The van der Waals surface area contributed by atoms with Crippen molar-refractivity contribution >= 4 is 5.91 Å². The van der Waals surface area contributed by atoms with Crippen molar-refractivity contribution in [1.29, 1.82) is 0 Å². The Bertz CT molecular complexity index is 656. The average Bonchev–Trinajstić information content (AvgIpc) is 3.15. The maximum atomic E-state index is 12.3. The van der Waals surface area contributed by atoms with E-state index in [-0.39, 0.29) is 17.8 Å². The van der Waals surface area contributed by atoms with Gasteiger partial charge < -0.3 is 14.6 Å². The number of benzene rings is 1. The molecule has 2 aliphatic rings. The van der Waals surface area contributed by atoms with E-state index in [1.165, 1.54) is 13.0 Å². The Morgan fingerprint density at radius 1 is 1.27 bits per heavy atom. The van der Waals surface area contributed by atoms with Gasteiger partial charge in [-0.05, 0) is 25.3 Å². The molecule has 2 aliphatic heterocycles. The summed E-state index contributed by atoms with van der Waals surface area (Å²) >= 11 is 0. The third-order valence-electron chi connectivity index (χ3n) is 4.56. The van der Waals surface area contributed by atoms with E-state index in [0.717, 1.165) is 31.0 Å². The SMILES string of the molecule is O=C(N[C@H]1C[C@H]2CCN(C2)C1)c1ncc(-c2ccccc2)o1. The Labute approximate surface area is 129 Å². The Morgan fingerprint density at radius 2 is 2.14 bits per heavy atom. The standard InChI is InChI=1S/C17H19N3O2/c21-16(19-14-8-12-6-7-20(10-12)11-14)17-18-9-15(22-17)13-4-2-1-3-5-13/h1-5,9,12,14H,6-8,10-11H2,(H,19,21)/t12-,14+/m1/s1. The molecule has 5 nitrogen and oxygen atoms in total. The fraction of sp³-hybridized carbons (Fsp3) is 0.412. The van der Waals surface area contributed by atoms with Crippen molar-refractivity contribution in [2.24, 2.45) is 5.92 Å². The highest BCUT2D eigenvalue weighted by atomic mass is 16.4. The Kier molecular flexibility index (Phi) is 3.42. The molecule has 5 heteroatoms. The zero-order valence-electron chi connectivity index (χ0n) is 12.4. The van der Waals surface area contributed by atoms with Crippen molar-refractivity contribution in [3.63, 3.8) is 0 Å². The number of carbonyl (C=O) groups excluding carboxylic acids is 1. The number of nitrogens with zero attached hydrogens (tertiary/aromatic N) is 2. The van der Waals surface area contributed by atoms with E-state index in [9.17, 15) is 4.79 Å². The quantitative estimate of drug-likeness (QED) is 0.943. The van der Waals surface area contributed by atoms with Gasteiger partial charge in [0.2, 0.25) is 0 Å². The molecule has 1 aromatic carbocycles. The number of piperidine rings is 1. The topological polar surface area (TPSA) is 58.4 Å². The third kappa shape index (κ3) is 2.64. The van der Waals surface area contributed by atoms with Crippen LogP contribution in [0.5, 0.6) is 0 Å². The van der Waals surface area contributed by atoms with Crippen LogP contribution >= 0.6 is 0 Å². The van der Waals surface area contributed by atoms with Crippen LogP contribution in [0.1, 0.15) is 23.5 Å². The predicted molar refractivity (Wildman–Crippen MR) is 82.4 cm³/mol. The van der Waals surface area contributed by atoms with Gasteiger partial charge in [0.05, 0.1) is 6.20 Å². The molecule has 2 aromatic rings. The van der Waals surface area contributed by atoms with Gasteiger partial charge in [0.15, 0.2) is 5.76 Å². The van der Waals surface area contributed by atoms with Crippen molar-refractivity contribution in [1.82, 2.24) is 15.2 Å². The molecule has 3 atom stereocenters. The number of amides is 1. The molecule has 2 bridgehead atoms. The van der Waals surface area contributed by atoms with Crippen LogP contribution in [0.15, 0.2) is 40.9 Å². The van der Waals surface area contributed by atoms with Gasteiger partial charge in [-0.1, -0.05) is 30.3 Å². The molecule has 2 saturated heterocycles. The Balaban J connectivity index is 1.44. The molecule has 0 aliphatic carbocycles. The zero-order valence-corrected chi connectivity index (χ0v) is 12.4. The van der Waals surface area contributed by atoms with E-state index in [1.807, 2.05) is 30.3 Å². The highest BCUT2D eigenvalue weighted by Crippen LogP contribution is 2.27. The fourth-order valence-electron chi connectivity index (χ4n) is 3.53. The minimum absolute atomic E-state index is 0.145. The largest absolute Gasteiger partial charge is 0.432 e. The van der Waals surface area contributed by atoms with Gasteiger partial charge in [0, 0.05) is 24.7 Å². The highest BCUT2D eigenvalue weighted by Gasteiger charge is 2.33. The number of fused-ring (bicyclic) bond motifs is 2. The number of hydrogen-bond donors (Lipinski definition) is 1. The van der Waals surface area contributed by atoms with E-state index in [0.29, 0.717) is 5.76 Å². The molecule has 114 valence electrons. The van der Waals surface area contributed by atoms with E-state index >= 15 is 0 Å². The monoisotopic (exact) mass is 297 g/mol. The lowest BCUT2D eigenvalue weighted by Crippen LogP contribution is -2.47. The minimum atomic E-state index is -0.213. The number of nitrogens with one attached hydrogen (secondary N) is 1.